The Bertz CT molecular complexity index is 539. The van der Waals surface area contributed by atoms with Gasteiger partial charge in [0.1, 0.15) is 0 Å². The molecule has 0 saturated heterocycles. The fourth-order valence-electron chi connectivity index (χ4n) is 1.80. The third-order valence-electron chi connectivity index (χ3n) is 2.71. The van der Waals surface area contributed by atoms with Gasteiger partial charge in [-0.2, -0.15) is 0 Å². The Balaban J connectivity index is 1.86. The molecule has 4 heteroatoms. The quantitative estimate of drug-likeness (QED) is 0.782. The maximum absolute atomic E-state index is 10.7. The molecule has 2 N–H and O–H groups in total. The molecule has 1 aromatic carbocycles. The highest BCUT2D eigenvalue weighted by Gasteiger charge is 1.96. The molecule has 0 aliphatic carbocycles. The van der Waals surface area contributed by atoms with E-state index in [0.29, 0.717) is 6.54 Å². The molecule has 0 bridgehead atoms. The minimum absolute atomic E-state index is 0.00926. The SMILES string of the molecule is CC(=O)NCCNCc1ccc2cnccc2c1. The number of hydrogen-bond acceptors (Lipinski definition) is 3. The van der Waals surface area contributed by atoms with E-state index in [1.807, 2.05) is 12.3 Å². The number of carbonyl (C=O) groups excluding carboxylic acids is 1. The summed E-state index contributed by atoms with van der Waals surface area (Å²) in [6.45, 7) is 3.76. The van der Waals surface area contributed by atoms with Gasteiger partial charge in [-0.05, 0) is 23.1 Å². The molecule has 0 unspecified atom stereocenters. The van der Waals surface area contributed by atoms with Crippen molar-refractivity contribution in [2.45, 2.75) is 13.5 Å². The first kappa shape index (κ1) is 12.5. The van der Waals surface area contributed by atoms with Crippen molar-refractivity contribution in [2.75, 3.05) is 13.1 Å². The number of nitrogens with one attached hydrogen (secondary N) is 2. The molecule has 1 amide bonds. The maximum Gasteiger partial charge on any atom is 0.216 e. The van der Waals surface area contributed by atoms with Gasteiger partial charge in [0, 0.05) is 44.3 Å². The van der Waals surface area contributed by atoms with Crippen LogP contribution in [-0.4, -0.2) is 24.0 Å². The predicted molar refractivity (Wildman–Crippen MR) is 72.1 cm³/mol. The van der Waals surface area contributed by atoms with Crippen LogP contribution in [0, 0.1) is 0 Å². The lowest BCUT2D eigenvalue weighted by molar-refractivity contribution is -0.118. The van der Waals surface area contributed by atoms with Crippen LogP contribution in [0.4, 0.5) is 0 Å². The van der Waals surface area contributed by atoms with Gasteiger partial charge in [0.05, 0.1) is 0 Å². The zero-order valence-electron chi connectivity index (χ0n) is 10.4. The van der Waals surface area contributed by atoms with E-state index in [0.717, 1.165) is 18.5 Å². The monoisotopic (exact) mass is 243 g/mol. The summed E-state index contributed by atoms with van der Waals surface area (Å²) in [7, 11) is 0. The number of carbonyl (C=O) groups is 1. The fraction of sp³-hybridized carbons (Fsp3) is 0.286. The highest BCUT2D eigenvalue weighted by molar-refractivity contribution is 5.81. The number of nitrogens with zero attached hydrogens (tertiary/aromatic N) is 1. The molecule has 2 rings (SSSR count). The zero-order chi connectivity index (χ0) is 12.8. The molecule has 0 saturated carbocycles. The van der Waals surface area contributed by atoms with Crippen LogP contribution in [0.2, 0.25) is 0 Å². The van der Waals surface area contributed by atoms with E-state index >= 15 is 0 Å². The van der Waals surface area contributed by atoms with Crippen molar-refractivity contribution < 1.29 is 4.79 Å². The molecule has 0 aliphatic rings. The molecule has 0 atom stereocenters. The van der Waals surface area contributed by atoms with Gasteiger partial charge in [-0.15, -0.1) is 0 Å². The summed E-state index contributed by atoms with van der Waals surface area (Å²) >= 11 is 0. The van der Waals surface area contributed by atoms with Crippen molar-refractivity contribution in [1.29, 1.82) is 0 Å². The molecule has 94 valence electrons. The topological polar surface area (TPSA) is 54.0 Å². The summed E-state index contributed by atoms with van der Waals surface area (Å²) in [5.74, 6) is 0.00926. The lowest BCUT2D eigenvalue weighted by Crippen LogP contribution is -2.29. The molecule has 0 fully saturated rings. The number of pyridine rings is 1. The summed E-state index contributed by atoms with van der Waals surface area (Å²) in [5, 5.41) is 8.40. The number of benzene rings is 1. The Labute approximate surface area is 106 Å². The molecule has 4 nitrogen and oxygen atoms in total. The van der Waals surface area contributed by atoms with E-state index in [9.17, 15) is 4.79 Å². The summed E-state index contributed by atoms with van der Waals surface area (Å²) < 4.78 is 0. The number of amides is 1. The molecule has 0 radical (unpaired) electrons. The van der Waals surface area contributed by atoms with Crippen molar-refractivity contribution in [3.63, 3.8) is 0 Å². The van der Waals surface area contributed by atoms with Crippen molar-refractivity contribution in [3.8, 4) is 0 Å². The average Bonchev–Trinajstić information content (AvgIpc) is 2.38. The van der Waals surface area contributed by atoms with Crippen molar-refractivity contribution in [1.82, 2.24) is 15.6 Å². The number of fused-ring (bicyclic) bond motifs is 1. The van der Waals surface area contributed by atoms with Crippen molar-refractivity contribution in [3.05, 3.63) is 42.2 Å². The first-order valence-corrected chi connectivity index (χ1v) is 6.03. The average molecular weight is 243 g/mol. The second kappa shape index (κ2) is 6.12. The van der Waals surface area contributed by atoms with Crippen LogP contribution in [0.5, 0.6) is 0 Å². The molecule has 18 heavy (non-hydrogen) atoms. The van der Waals surface area contributed by atoms with E-state index in [2.05, 4.69) is 33.8 Å². The zero-order valence-corrected chi connectivity index (χ0v) is 10.4. The van der Waals surface area contributed by atoms with Crippen LogP contribution in [0.3, 0.4) is 0 Å². The van der Waals surface area contributed by atoms with Crippen molar-refractivity contribution in [2.24, 2.45) is 0 Å². The van der Waals surface area contributed by atoms with Gasteiger partial charge in [-0.3, -0.25) is 9.78 Å². The van der Waals surface area contributed by atoms with Crippen molar-refractivity contribution >= 4 is 16.7 Å². The van der Waals surface area contributed by atoms with E-state index in [4.69, 9.17) is 0 Å². The minimum Gasteiger partial charge on any atom is -0.355 e. The Kier molecular flexibility index (Phi) is 4.25. The number of hydrogen-bond donors (Lipinski definition) is 2. The molecule has 0 spiro atoms. The summed E-state index contributed by atoms with van der Waals surface area (Å²) in [6.07, 6.45) is 3.67. The Morgan fingerprint density at radius 2 is 2.11 bits per heavy atom. The first-order valence-electron chi connectivity index (χ1n) is 6.03. The fourth-order valence-corrected chi connectivity index (χ4v) is 1.80. The summed E-state index contributed by atoms with van der Waals surface area (Å²) in [4.78, 5) is 14.8. The standard InChI is InChI=1S/C14H17N3O/c1-11(18)17-7-6-16-9-12-2-3-14-10-15-5-4-13(14)8-12/h2-5,8,10,16H,6-7,9H2,1H3,(H,17,18). The van der Waals surface area contributed by atoms with E-state index in [1.54, 1.807) is 6.20 Å². The molecular weight excluding hydrogens is 226 g/mol. The van der Waals surface area contributed by atoms with E-state index in [-0.39, 0.29) is 5.91 Å². The van der Waals surface area contributed by atoms with Gasteiger partial charge in [0.2, 0.25) is 5.91 Å². The van der Waals surface area contributed by atoms with Gasteiger partial charge in [0.15, 0.2) is 0 Å². The first-order chi connectivity index (χ1) is 8.75. The smallest absolute Gasteiger partial charge is 0.216 e. The van der Waals surface area contributed by atoms with Crippen LogP contribution in [0.25, 0.3) is 10.8 Å². The second-order valence-corrected chi connectivity index (χ2v) is 4.22. The summed E-state index contributed by atoms with van der Waals surface area (Å²) in [5.41, 5.74) is 1.23. The van der Waals surface area contributed by atoms with E-state index < -0.39 is 0 Å². The normalized spacial score (nSPS) is 10.5. The minimum atomic E-state index is 0.00926. The highest BCUT2D eigenvalue weighted by atomic mass is 16.1. The molecular formula is C14H17N3O. The molecule has 0 aliphatic heterocycles. The Hall–Kier alpha value is -1.94. The van der Waals surface area contributed by atoms with Gasteiger partial charge in [-0.25, -0.2) is 0 Å². The second-order valence-electron chi connectivity index (χ2n) is 4.22. The van der Waals surface area contributed by atoms with Crippen LogP contribution >= 0.6 is 0 Å². The maximum atomic E-state index is 10.7. The number of aromatic nitrogens is 1. The van der Waals surface area contributed by atoms with Gasteiger partial charge >= 0.3 is 0 Å². The molecule has 1 aromatic heterocycles. The number of rotatable bonds is 5. The lowest BCUT2D eigenvalue weighted by Gasteiger charge is -2.06. The van der Waals surface area contributed by atoms with Gasteiger partial charge < -0.3 is 10.6 Å². The van der Waals surface area contributed by atoms with Crippen LogP contribution in [0.1, 0.15) is 12.5 Å². The highest BCUT2D eigenvalue weighted by Crippen LogP contribution is 2.14. The Morgan fingerprint density at radius 1 is 1.22 bits per heavy atom. The Morgan fingerprint density at radius 3 is 2.94 bits per heavy atom. The van der Waals surface area contributed by atoms with E-state index in [1.165, 1.54) is 17.9 Å². The molecule has 2 aromatic rings. The predicted octanol–water partition coefficient (Wildman–Crippen LogP) is 1.46. The third-order valence-corrected chi connectivity index (χ3v) is 2.71. The summed E-state index contributed by atoms with van der Waals surface area (Å²) in [6, 6.07) is 8.33. The van der Waals surface area contributed by atoms with Gasteiger partial charge in [-0.1, -0.05) is 12.1 Å². The van der Waals surface area contributed by atoms with Crippen LogP contribution < -0.4 is 10.6 Å². The van der Waals surface area contributed by atoms with Crippen LogP contribution in [0.15, 0.2) is 36.7 Å². The third kappa shape index (κ3) is 3.53. The molecule has 1 heterocycles. The van der Waals surface area contributed by atoms with Gasteiger partial charge in [0.25, 0.3) is 0 Å². The lowest BCUT2D eigenvalue weighted by atomic mass is 10.1. The largest absolute Gasteiger partial charge is 0.355 e. The van der Waals surface area contributed by atoms with Crippen LogP contribution in [-0.2, 0) is 11.3 Å².